The second kappa shape index (κ2) is 11.8. The van der Waals surface area contributed by atoms with E-state index in [9.17, 15) is 14.7 Å². The number of amides is 1. The fourth-order valence-corrected chi connectivity index (χ4v) is 6.17. The normalized spacial score (nSPS) is 16.3. The van der Waals surface area contributed by atoms with E-state index in [1.54, 1.807) is 24.3 Å². The van der Waals surface area contributed by atoms with E-state index in [0.717, 1.165) is 5.56 Å². The van der Waals surface area contributed by atoms with E-state index < -0.39 is 17.7 Å². The highest BCUT2D eigenvalue weighted by molar-refractivity contribution is 8.00. The Labute approximate surface area is 238 Å². The van der Waals surface area contributed by atoms with Crippen LogP contribution in [0.2, 0.25) is 0 Å². The molecule has 3 heterocycles. The molecule has 1 atom stereocenters. The number of ether oxygens (including phenoxy) is 3. The summed E-state index contributed by atoms with van der Waals surface area (Å²) in [5.74, 6) is -0.398. The first-order valence-corrected chi connectivity index (χ1v) is 13.8. The molecule has 1 aliphatic rings. The van der Waals surface area contributed by atoms with E-state index in [0.29, 0.717) is 38.5 Å². The van der Waals surface area contributed by atoms with Crippen molar-refractivity contribution in [2.75, 3.05) is 26.2 Å². The van der Waals surface area contributed by atoms with Gasteiger partial charge in [-0.1, -0.05) is 53.4 Å². The Morgan fingerprint density at radius 2 is 1.65 bits per heavy atom. The molecule has 0 radical (unpaired) electrons. The van der Waals surface area contributed by atoms with Crippen LogP contribution in [-0.4, -0.2) is 53.3 Å². The molecule has 0 spiro atoms. The van der Waals surface area contributed by atoms with Crippen LogP contribution in [0, 0.1) is 0 Å². The van der Waals surface area contributed by atoms with Crippen LogP contribution in [0.15, 0.2) is 76.9 Å². The summed E-state index contributed by atoms with van der Waals surface area (Å²) in [5.41, 5.74) is 1.78. The Morgan fingerprint density at radius 3 is 2.27 bits per heavy atom. The van der Waals surface area contributed by atoms with Crippen LogP contribution in [0.5, 0.6) is 17.2 Å². The molecule has 2 aromatic carbocycles. The third-order valence-electron chi connectivity index (χ3n) is 6.21. The molecule has 40 heavy (non-hydrogen) atoms. The lowest BCUT2D eigenvalue weighted by atomic mass is 9.95. The van der Waals surface area contributed by atoms with Crippen LogP contribution in [0.25, 0.3) is 5.76 Å². The number of carbonyl (C=O) groups is 2. The lowest BCUT2D eigenvalue weighted by Gasteiger charge is -2.24. The monoisotopic (exact) mass is 576 g/mol. The number of anilines is 1. The van der Waals surface area contributed by atoms with Gasteiger partial charge in [-0.2, -0.15) is 0 Å². The van der Waals surface area contributed by atoms with Gasteiger partial charge in [-0.25, -0.2) is 0 Å². The highest BCUT2D eigenvalue weighted by atomic mass is 32.2. The number of aliphatic hydroxyl groups is 1. The molecule has 0 saturated carbocycles. The number of thioether (sulfide) groups is 1. The lowest BCUT2D eigenvalue weighted by Crippen LogP contribution is -2.29. The minimum Gasteiger partial charge on any atom is -0.507 e. The van der Waals surface area contributed by atoms with Gasteiger partial charge in [0.2, 0.25) is 10.9 Å². The number of aliphatic hydroxyl groups excluding tert-OH is 1. The van der Waals surface area contributed by atoms with Gasteiger partial charge in [0.1, 0.15) is 5.76 Å². The summed E-state index contributed by atoms with van der Waals surface area (Å²) in [4.78, 5) is 32.2. The maximum absolute atomic E-state index is 13.5. The molecule has 4 aromatic rings. The van der Waals surface area contributed by atoms with E-state index >= 15 is 0 Å². The maximum atomic E-state index is 13.5. The summed E-state index contributed by atoms with van der Waals surface area (Å²) in [6, 6.07) is 15.2. The van der Waals surface area contributed by atoms with E-state index in [2.05, 4.69) is 15.2 Å². The van der Waals surface area contributed by atoms with Crippen molar-refractivity contribution in [2.45, 2.75) is 16.1 Å². The highest BCUT2D eigenvalue weighted by Gasteiger charge is 2.49. The van der Waals surface area contributed by atoms with Gasteiger partial charge in [-0.3, -0.25) is 19.5 Å². The summed E-state index contributed by atoms with van der Waals surface area (Å²) in [6.07, 6.45) is 2.97. The Hall–Kier alpha value is -4.42. The number of pyridine rings is 1. The third kappa shape index (κ3) is 5.10. The molecule has 204 valence electrons. The first-order chi connectivity index (χ1) is 19.5. The number of benzene rings is 2. The van der Waals surface area contributed by atoms with Crippen molar-refractivity contribution in [3.8, 4) is 17.2 Å². The molecule has 0 aliphatic carbocycles. The average Bonchev–Trinajstić information content (AvgIpc) is 3.57. The van der Waals surface area contributed by atoms with Gasteiger partial charge in [0.05, 0.1) is 32.9 Å². The van der Waals surface area contributed by atoms with Gasteiger partial charge in [-0.05, 0) is 35.4 Å². The van der Waals surface area contributed by atoms with Crippen LogP contribution in [0.3, 0.4) is 0 Å². The Bertz CT molecular complexity index is 1550. The summed E-state index contributed by atoms with van der Waals surface area (Å²) < 4.78 is 17.1. The molecule has 1 saturated heterocycles. The molecule has 10 nitrogen and oxygen atoms in total. The summed E-state index contributed by atoms with van der Waals surface area (Å²) in [5, 5.41) is 20.0. The van der Waals surface area contributed by atoms with Gasteiger partial charge < -0.3 is 19.3 Å². The highest BCUT2D eigenvalue weighted by Crippen LogP contribution is 2.48. The predicted molar refractivity (Wildman–Crippen MR) is 151 cm³/mol. The number of carbonyl (C=O) groups excluding carboxylic acids is 2. The quantitative estimate of drug-likeness (QED) is 0.0969. The maximum Gasteiger partial charge on any atom is 0.301 e. The minimum absolute atomic E-state index is 0.112. The van der Waals surface area contributed by atoms with Crippen molar-refractivity contribution in [1.29, 1.82) is 0 Å². The van der Waals surface area contributed by atoms with Crippen LogP contribution in [0.1, 0.15) is 22.7 Å². The van der Waals surface area contributed by atoms with Crippen LogP contribution >= 0.6 is 23.1 Å². The largest absolute Gasteiger partial charge is 0.507 e. The number of hydrogen-bond donors (Lipinski definition) is 1. The van der Waals surface area contributed by atoms with Crippen molar-refractivity contribution in [1.82, 2.24) is 15.2 Å². The third-order valence-corrected chi connectivity index (χ3v) is 8.34. The van der Waals surface area contributed by atoms with Gasteiger partial charge >= 0.3 is 5.91 Å². The SMILES string of the molecule is COc1cc(C2/C(=C(\O)c3ccncc3)C(=O)C(=O)N2c2nnc(SCc3ccccc3)s2)cc(OC)c1OC. The van der Waals surface area contributed by atoms with Gasteiger partial charge in [0.25, 0.3) is 5.78 Å². The zero-order chi connectivity index (χ0) is 28.2. The Morgan fingerprint density at radius 1 is 0.975 bits per heavy atom. The van der Waals surface area contributed by atoms with Crippen molar-refractivity contribution >= 4 is 45.7 Å². The smallest absolute Gasteiger partial charge is 0.301 e. The van der Waals surface area contributed by atoms with E-state index in [1.165, 1.54) is 61.7 Å². The molecule has 12 heteroatoms. The summed E-state index contributed by atoms with van der Waals surface area (Å²) in [7, 11) is 4.41. The fourth-order valence-electron chi connectivity index (χ4n) is 4.35. The van der Waals surface area contributed by atoms with E-state index in [-0.39, 0.29) is 16.5 Å². The number of methoxy groups -OCH3 is 3. The van der Waals surface area contributed by atoms with Crippen LogP contribution in [-0.2, 0) is 15.3 Å². The van der Waals surface area contributed by atoms with Crippen LogP contribution in [0.4, 0.5) is 5.13 Å². The lowest BCUT2D eigenvalue weighted by molar-refractivity contribution is -0.132. The topological polar surface area (TPSA) is 124 Å². The molecular formula is C28H24N4O6S2. The van der Waals surface area contributed by atoms with Crippen molar-refractivity contribution < 1.29 is 28.9 Å². The molecule has 1 unspecified atom stereocenters. The van der Waals surface area contributed by atoms with Crippen molar-refractivity contribution in [3.63, 3.8) is 0 Å². The van der Waals surface area contributed by atoms with Gasteiger partial charge in [0, 0.05) is 23.7 Å². The minimum atomic E-state index is -1.05. The zero-order valence-corrected chi connectivity index (χ0v) is 23.4. The van der Waals surface area contributed by atoms with E-state index in [4.69, 9.17) is 14.2 Å². The molecule has 1 amide bonds. The zero-order valence-electron chi connectivity index (χ0n) is 21.7. The average molecular weight is 577 g/mol. The molecular weight excluding hydrogens is 552 g/mol. The molecule has 1 N–H and O–H groups in total. The van der Waals surface area contributed by atoms with E-state index in [1.807, 2.05) is 30.3 Å². The number of Topliss-reactive ketones (excluding diaryl/α,β-unsaturated/α-hetero) is 1. The van der Waals surface area contributed by atoms with Crippen molar-refractivity contribution in [3.05, 3.63) is 89.3 Å². The van der Waals surface area contributed by atoms with Gasteiger partial charge in [-0.15, -0.1) is 10.2 Å². The standard InChI is InChI=1S/C28H24N4O6S2/c1-36-19-13-18(14-20(37-2)25(19)38-3)22-21(23(33)17-9-11-29-12-10-17)24(34)26(35)32(22)27-30-31-28(40-27)39-15-16-7-5-4-6-8-16/h4-14,22,33H,15H2,1-3H3/b23-21+. The number of ketones is 1. The predicted octanol–water partition coefficient (Wildman–Crippen LogP) is 4.88. The summed E-state index contributed by atoms with van der Waals surface area (Å²) >= 11 is 2.65. The second-order valence-corrected chi connectivity index (χ2v) is 10.7. The fraction of sp³-hybridized carbons (Fsp3) is 0.179. The van der Waals surface area contributed by atoms with Crippen molar-refractivity contribution in [2.24, 2.45) is 0 Å². The molecule has 1 aliphatic heterocycles. The molecule has 2 aromatic heterocycles. The Balaban J connectivity index is 1.63. The molecule has 5 rings (SSSR count). The number of hydrogen-bond acceptors (Lipinski definition) is 11. The number of nitrogens with zero attached hydrogens (tertiary/aromatic N) is 4. The summed E-state index contributed by atoms with van der Waals surface area (Å²) in [6.45, 7) is 0. The first-order valence-electron chi connectivity index (χ1n) is 12.0. The van der Waals surface area contributed by atoms with Crippen LogP contribution < -0.4 is 19.1 Å². The number of aromatic nitrogens is 3. The first kappa shape index (κ1) is 27.2. The Kier molecular flexibility index (Phi) is 7.99. The molecule has 1 fully saturated rings. The number of rotatable bonds is 9. The van der Waals surface area contributed by atoms with Gasteiger partial charge in [0.15, 0.2) is 15.8 Å². The molecule has 0 bridgehead atoms. The second-order valence-electron chi connectivity index (χ2n) is 8.49.